The number of halogens is 1. The SMILES string of the molecule is CC1(C2(C(F)Cc3ccc(CN)cc3)CCCCC2)CCCCC1. The predicted octanol–water partition coefficient (Wildman–Crippen LogP) is 5.95. The molecule has 1 nitrogen and oxygen atoms in total. The molecule has 0 aliphatic heterocycles. The molecule has 2 N–H and O–H groups in total. The van der Waals surface area contributed by atoms with Crippen molar-refractivity contribution in [2.45, 2.75) is 90.3 Å². The molecule has 0 bridgehead atoms. The highest BCUT2D eigenvalue weighted by atomic mass is 19.1. The molecule has 2 aliphatic rings. The first-order chi connectivity index (χ1) is 11.6. The molecule has 1 atom stereocenters. The number of benzene rings is 1. The van der Waals surface area contributed by atoms with Gasteiger partial charge in [-0.2, -0.15) is 0 Å². The number of alkyl halides is 1. The summed E-state index contributed by atoms with van der Waals surface area (Å²) in [7, 11) is 0. The van der Waals surface area contributed by atoms with Crippen LogP contribution < -0.4 is 5.73 Å². The van der Waals surface area contributed by atoms with Crippen molar-refractivity contribution in [3.8, 4) is 0 Å². The van der Waals surface area contributed by atoms with Crippen molar-refractivity contribution in [1.82, 2.24) is 0 Å². The van der Waals surface area contributed by atoms with Gasteiger partial charge in [-0.1, -0.05) is 69.7 Å². The molecule has 1 aromatic rings. The van der Waals surface area contributed by atoms with Gasteiger partial charge in [0.05, 0.1) is 0 Å². The van der Waals surface area contributed by atoms with Crippen LogP contribution in [-0.4, -0.2) is 6.17 Å². The van der Waals surface area contributed by atoms with Crippen LogP contribution in [0.15, 0.2) is 24.3 Å². The fourth-order valence-electron chi connectivity index (χ4n) is 5.52. The summed E-state index contributed by atoms with van der Waals surface area (Å²) >= 11 is 0. The highest BCUT2D eigenvalue weighted by Crippen LogP contribution is 2.59. The topological polar surface area (TPSA) is 26.0 Å². The van der Waals surface area contributed by atoms with Crippen LogP contribution in [0.5, 0.6) is 0 Å². The average molecular weight is 332 g/mol. The molecule has 1 aromatic carbocycles. The summed E-state index contributed by atoms with van der Waals surface area (Å²) in [6.07, 6.45) is 12.1. The molecule has 3 rings (SSSR count). The normalized spacial score (nSPS) is 24.5. The lowest BCUT2D eigenvalue weighted by Crippen LogP contribution is -2.50. The van der Waals surface area contributed by atoms with Gasteiger partial charge in [-0.15, -0.1) is 0 Å². The van der Waals surface area contributed by atoms with Crippen LogP contribution in [0.2, 0.25) is 0 Å². The van der Waals surface area contributed by atoms with Gasteiger partial charge in [0.25, 0.3) is 0 Å². The summed E-state index contributed by atoms with van der Waals surface area (Å²) in [6, 6.07) is 8.26. The van der Waals surface area contributed by atoms with E-state index in [1.165, 1.54) is 51.4 Å². The zero-order chi connectivity index (χ0) is 17.0. The summed E-state index contributed by atoms with van der Waals surface area (Å²) in [4.78, 5) is 0. The highest BCUT2D eigenvalue weighted by Gasteiger charge is 2.53. The van der Waals surface area contributed by atoms with E-state index in [1.54, 1.807) is 0 Å². The third-order valence-electron chi connectivity index (χ3n) is 7.18. The molecule has 1 unspecified atom stereocenters. The number of rotatable bonds is 5. The molecule has 134 valence electrons. The summed E-state index contributed by atoms with van der Waals surface area (Å²) < 4.78 is 15.8. The highest BCUT2D eigenvalue weighted by molar-refractivity contribution is 5.23. The van der Waals surface area contributed by atoms with Crippen molar-refractivity contribution < 1.29 is 4.39 Å². The second-order valence-corrected chi connectivity index (χ2v) is 8.53. The van der Waals surface area contributed by atoms with E-state index in [2.05, 4.69) is 31.2 Å². The summed E-state index contributed by atoms with van der Waals surface area (Å²) in [6.45, 7) is 2.96. The zero-order valence-corrected chi connectivity index (χ0v) is 15.3. The minimum Gasteiger partial charge on any atom is -0.326 e. The van der Waals surface area contributed by atoms with E-state index in [0.29, 0.717) is 13.0 Å². The minimum absolute atomic E-state index is 0.0990. The monoisotopic (exact) mass is 331 g/mol. The zero-order valence-electron chi connectivity index (χ0n) is 15.3. The summed E-state index contributed by atoms with van der Waals surface area (Å²) in [5.41, 5.74) is 8.03. The van der Waals surface area contributed by atoms with Crippen LogP contribution in [0.25, 0.3) is 0 Å². The second kappa shape index (κ2) is 7.56. The van der Waals surface area contributed by atoms with Gasteiger partial charge >= 0.3 is 0 Å². The van der Waals surface area contributed by atoms with E-state index in [-0.39, 0.29) is 10.8 Å². The lowest BCUT2D eigenvalue weighted by Gasteiger charge is -2.55. The second-order valence-electron chi connectivity index (χ2n) is 8.53. The van der Waals surface area contributed by atoms with Crippen LogP contribution in [0, 0.1) is 10.8 Å². The molecule has 0 radical (unpaired) electrons. The molecule has 24 heavy (non-hydrogen) atoms. The van der Waals surface area contributed by atoms with Crippen molar-refractivity contribution in [1.29, 1.82) is 0 Å². The van der Waals surface area contributed by atoms with Gasteiger partial charge in [0.2, 0.25) is 0 Å². The van der Waals surface area contributed by atoms with Crippen molar-refractivity contribution >= 4 is 0 Å². The molecule has 0 spiro atoms. The van der Waals surface area contributed by atoms with Crippen LogP contribution in [0.1, 0.15) is 82.3 Å². The van der Waals surface area contributed by atoms with Gasteiger partial charge in [-0.25, -0.2) is 4.39 Å². The Morgan fingerprint density at radius 1 is 0.875 bits per heavy atom. The fourth-order valence-corrected chi connectivity index (χ4v) is 5.52. The third kappa shape index (κ3) is 3.40. The largest absolute Gasteiger partial charge is 0.326 e. The Balaban J connectivity index is 1.81. The standard InChI is InChI=1S/C22H34FN/c1-21(12-4-2-5-13-21)22(14-6-3-7-15-22)20(23)16-18-8-10-19(17-24)11-9-18/h8-11,20H,2-7,12-17,24H2,1H3. The number of hydrogen-bond donors (Lipinski definition) is 1. The first-order valence-electron chi connectivity index (χ1n) is 10.0. The predicted molar refractivity (Wildman–Crippen MR) is 99.6 cm³/mol. The lowest BCUT2D eigenvalue weighted by atomic mass is 9.51. The van der Waals surface area contributed by atoms with Gasteiger partial charge in [0.1, 0.15) is 6.17 Å². The summed E-state index contributed by atoms with van der Waals surface area (Å²) in [5.74, 6) is 0. The lowest BCUT2D eigenvalue weighted by molar-refractivity contribution is -0.0796. The molecule has 0 aromatic heterocycles. The Morgan fingerprint density at radius 2 is 1.38 bits per heavy atom. The quantitative estimate of drug-likeness (QED) is 0.709. The molecular weight excluding hydrogens is 297 g/mol. The van der Waals surface area contributed by atoms with Crippen molar-refractivity contribution in [3.63, 3.8) is 0 Å². The van der Waals surface area contributed by atoms with Gasteiger partial charge in [0, 0.05) is 18.4 Å². The Hall–Kier alpha value is -0.890. The minimum atomic E-state index is -0.718. The van der Waals surface area contributed by atoms with Crippen molar-refractivity contribution in [2.75, 3.05) is 0 Å². The smallest absolute Gasteiger partial charge is 0.110 e. The molecule has 0 saturated heterocycles. The number of nitrogens with two attached hydrogens (primary N) is 1. The van der Waals surface area contributed by atoms with E-state index in [0.717, 1.165) is 24.0 Å². The van der Waals surface area contributed by atoms with E-state index in [9.17, 15) is 0 Å². The van der Waals surface area contributed by atoms with E-state index >= 15 is 4.39 Å². The maximum absolute atomic E-state index is 15.8. The van der Waals surface area contributed by atoms with Crippen LogP contribution in [-0.2, 0) is 13.0 Å². The van der Waals surface area contributed by atoms with Gasteiger partial charge in [-0.05, 0) is 42.2 Å². The van der Waals surface area contributed by atoms with E-state index < -0.39 is 6.17 Å². The Morgan fingerprint density at radius 3 is 1.92 bits per heavy atom. The maximum atomic E-state index is 15.8. The van der Waals surface area contributed by atoms with Crippen LogP contribution in [0.3, 0.4) is 0 Å². The maximum Gasteiger partial charge on any atom is 0.110 e. The molecule has 2 aliphatic carbocycles. The van der Waals surface area contributed by atoms with Gasteiger partial charge in [0.15, 0.2) is 0 Å². The Labute approximate surface area is 147 Å². The first-order valence-corrected chi connectivity index (χ1v) is 10.0. The fraction of sp³-hybridized carbons (Fsp3) is 0.727. The molecule has 0 heterocycles. The first kappa shape index (κ1) is 17.9. The van der Waals surface area contributed by atoms with Crippen LogP contribution >= 0.6 is 0 Å². The van der Waals surface area contributed by atoms with E-state index in [4.69, 9.17) is 5.73 Å². The molecule has 2 saturated carbocycles. The van der Waals surface area contributed by atoms with Gasteiger partial charge in [-0.3, -0.25) is 0 Å². The molecule has 0 amide bonds. The van der Waals surface area contributed by atoms with E-state index in [1.807, 2.05) is 0 Å². The van der Waals surface area contributed by atoms with Crippen molar-refractivity contribution in [2.24, 2.45) is 16.6 Å². The molecule has 2 fully saturated rings. The Bertz CT molecular complexity index is 509. The van der Waals surface area contributed by atoms with Crippen molar-refractivity contribution in [3.05, 3.63) is 35.4 Å². The Kier molecular flexibility index (Phi) is 5.64. The third-order valence-corrected chi connectivity index (χ3v) is 7.18. The summed E-state index contributed by atoms with van der Waals surface area (Å²) in [5, 5.41) is 0. The van der Waals surface area contributed by atoms with Crippen LogP contribution in [0.4, 0.5) is 4.39 Å². The number of hydrogen-bond acceptors (Lipinski definition) is 1. The average Bonchev–Trinajstić information content (AvgIpc) is 2.63. The molecular formula is C22H34FN. The molecule has 2 heteroatoms. The van der Waals surface area contributed by atoms with Gasteiger partial charge < -0.3 is 5.73 Å².